The number of aryl methyl sites for hydroxylation is 1. The summed E-state index contributed by atoms with van der Waals surface area (Å²) < 4.78 is 0. The van der Waals surface area contributed by atoms with E-state index in [2.05, 4.69) is 17.2 Å². The maximum Gasteiger partial charge on any atom is 0.303 e. The van der Waals surface area contributed by atoms with Gasteiger partial charge in [-0.05, 0) is 37.3 Å². The van der Waals surface area contributed by atoms with E-state index < -0.39 is 5.97 Å². The molecule has 17 heavy (non-hydrogen) atoms. The van der Waals surface area contributed by atoms with Gasteiger partial charge < -0.3 is 10.4 Å². The van der Waals surface area contributed by atoms with E-state index in [-0.39, 0.29) is 6.42 Å². The zero-order valence-corrected chi connectivity index (χ0v) is 10.4. The van der Waals surface area contributed by atoms with Gasteiger partial charge in [-0.1, -0.05) is 6.92 Å². The second-order valence-electron chi connectivity index (χ2n) is 4.44. The summed E-state index contributed by atoms with van der Waals surface area (Å²) in [5.74, 6) is -0.282. The Hall–Kier alpha value is -1.58. The van der Waals surface area contributed by atoms with Crippen molar-refractivity contribution in [2.75, 3.05) is 11.9 Å². The van der Waals surface area contributed by atoms with Crippen molar-refractivity contribution in [1.82, 2.24) is 4.98 Å². The topological polar surface area (TPSA) is 62.2 Å². The Kier molecular flexibility index (Phi) is 5.46. The lowest BCUT2D eigenvalue weighted by Gasteiger charge is -2.12. The number of anilines is 1. The van der Waals surface area contributed by atoms with Gasteiger partial charge in [-0.15, -0.1) is 0 Å². The van der Waals surface area contributed by atoms with Gasteiger partial charge in [-0.2, -0.15) is 0 Å². The normalized spacial score (nSPS) is 12.1. The number of nitrogens with one attached hydrogen (secondary N) is 1. The van der Waals surface area contributed by atoms with E-state index in [1.165, 1.54) is 0 Å². The van der Waals surface area contributed by atoms with Crippen molar-refractivity contribution in [3.63, 3.8) is 0 Å². The van der Waals surface area contributed by atoms with Crippen molar-refractivity contribution in [2.45, 2.75) is 33.1 Å². The van der Waals surface area contributed by atoms with Crippen LogP contribution in [0.4, 0.5) is 5.69 Å². The third kappa shape index (κ3) is 5.33. The molecule has 0 aliphatic carbocycles. The highest BCUT2D eigenvalue weighted by molar-refractivity contribution is 5.66. The number of hydrogen-bond acceptors (Lipinski definition) is 3. The molecule has 1 aromatic heterocycles. The SMILES string of the molecule is Cc1cnccc1NCCC(C)CCC(=O)O. The summed E-state index contributed by atoms with van der Waals surface area (Å²) in [5, 5.41) is 11.9. The molecule has 0 amide bonds. The molecule has 4 heteroatoms. The third-order valence-electron chi connectivity index (χ3n) is 2.82. The quantitative estimate of drug-likeness (QED) is 0.764. The van der Waals surface area contributed by atoms with Crippen molar-refractivity contribution in [3.05, 3.63) is 24.0 Å². The lowest BCUT2D eigenvalue weighted by molar-refractivity contribution is -0.137. The van der Waals surface area contributed by atoms with E-state index >= 15 is 0 Å². The predicted molar refractivity (Wildman–Crippen MR) is 68.1 cm³/mol. The van der Waals surface area contributed by atoms with Gasteiger partial charge in [0.2, 0.25) is 0 Å². The monoisotopic (exact) mass is 236 g/mol. The maximum absolute atomic E-state index is 10.4. The van der Waals surface area contributed by atoms with Crippen molar-refractivity contribution in [2.24, 2.45) is 5.92 Å². The number of pyridine rings is 1. The van der Waals surface area contributed by atoms with Gasteiger partial charge in [0, 0.05) is 31.0 Å². The third-order valence-corrected chi connectivity index (χ3v) is 2.82. The molecule has 1 unspecified atom stereocenters. The maximum atomic E-state index is 10.4. The van der Waals surface area contributed by atoms with E-state index in [1.54, 1.807) is 6.20 Å². The van der Waals surface area contributed by atoms with Crippen LogP contribution in [0.2, 0.25) is 0 Å². The van der Waals surface area contributed by atoms with E-state index in [9.17, 15) is 4.79 Å². The van der Waals surface area contributed by atoms with Crippen molar-refractivity contribution < 1.29 is 9.90 Å². The largest absolute Gasteiger partial charge is 0.481 e. The van der Waals surface area contributed by atoms with E-state index in [4.69, 9.17) is 5.11 Å². The molecule has 0 saturated carbocycles. The number of nitrogens with zero attached hydrogens (tertiary/aromatic N) is 1. The molecule has 0 bridgehead atoms. The van der Waals surface area contributed by atoms with Crippen LogP contribution in [0, 0.1) is 12.8 Å². The highest BCUT2D eigenvalue weighted by Gasteiger charge is 2.05. The van der Waals surface area contributed by atoms with E-state index in [0.717, 1.165) is 30.6 Å². The summed E-state index contributed by atoms with van der Waals surface area (Å²) in [5.41, 5.74) is 2.23. The minimum atomic E-state index is -0.713. The van der Waals surface area contributed by atoms with Crippen LogP contribution in [0.25, 0.3) is 0 Å². The fraction of sp³-hybridized carbons (Fsp3) is 0.538. The molecular formula is C13H20N2O2. The predicted octanol–water partition coefficient (Wildman–Crippen LogP) is 2.69. The lowest BCUT2D eigenvalue weighted by Crippen LogP contribution is -2.09. The molecule has 1 rings (SSSR count). The zero-order valence-electron chi connectivity index (χ0n) is 10.4. The Labute approximate surface area is 102 Å². The van der Waals surface area contributed by atoms with Crippen LogP contribution in [-0.2, 0) is 4.79 Å². The summed E-state index contributed by atoms with van der Waals surface area (Å²) in [6, 6.07) is 1.96. The highest BCUT2D eigenvalue weighted by Crippen LogP contribution is 2.14. The number of aliphatic carboxylic acids is 1. The van der Waals surface area contributed by atoms with E-state index in [1.807, 2.05) is 19.2 Å². The first-order chi connectivity index (χ1) is 8.09. The van der Waals surface area contributed by atoms with Crippen LogP contribution < -0.4 is 5.32 Å². The van der Waals surface area contributed by atoms with Crippen LogP contribution in [-0.4, -0.2) is 22.6 Å². The fourth-order valence-electron chi connectivity index (χ4n) is 1.64. The molecule has 1 atom stereocenters. The first-order valence-electron chi connectivity index (χ1n) is 5.96. The zero-order chi connectivity index (χ0) is 12.7. The molecule has 94 valence electrons. The smallest absolute Gasteiger partial charge is 0.303 e. The molecule has 0 aliphatic rings. The summed E-state index contributed by atoms with van der Waals surface area (Å²) >= 11 is 0. The molecule has 1 aromatic rings. The van der Waals surface area contributed by atoms with Crippen molar-refractivity contribution in [1.29, 1.82) is 0 Å². The van der Waals surface area contributed by atoms with Gasteiger partial charge in [0.25, 0.3) is 0 Å². The van der Waals surface area contributed by atoms with Crippen molar-refractivity contribution >= 4 is 11.7 Å². The minimum Gasteiger partial charge on any atom is -0.481 e. The fourth-order valence-corrected chi connectivity index (χ4v) is 1.64. The molecule has 0 spiro atoms. The average molecular weight is 236 g/mol. The number of carbonyl (C=O) groups is 1. The van der Waals surface area contributed by atoms with Crippen LogP contribution >= 0.6 is 0 Å². The standard InChI is InChI=1S/C13H20N2O2/c1-10(3-4-13(16)17)5-8-15-12-6-7-14-9-11(12)2/h6-7,9-10H,3-5,8H2,1-2H3,(H,14,15)(H,16,17). The summed E-state index contributed by atoms with van der Waals surface area (Å²) in [6.45, 7) is 4.97. The van der Waals surface area contributed by atoms with Crippen LogP contribution in [0.15, 0.2) is 18.5 Å². The number of hydrogen-bond donors (Lipinski definition) is 2. The Balaban J connectivity index is 2.24. The van der Waals surface area contributed by atoms with Crippen LogP contribution in [0.5, 0.6) is 0 Å². The van der Waals surface area contributed by atoms with E-state index in [0.29, 0.717) is 5.92 Å². The van der Waals surface area contributed by atoms with Gasteiger partial charge in [0.05, 0.1) is 0 Å². The number of aromatic nitrogens is 1. The van der Waals surface area contributed by atoms with Crippen LogP contribution in [0.3, 0.4) is 0 Å². The molecule has 2 N–H and O–H groups in total. The number of carboxylic acids is 1. The Morgan fingerprint density at radius 2 is 2.29 bits per heavy atom. The average Bonchev–Trinajstić information content (AvgIpc) is 2.29. The second-order valence-corrected chi connectivity index (χ2v) is 4.44. The minimum absolute atomic E-state index is 0.259. The van der Waals surface area contributed by atoms with Gasteiger partial charge in [-0.3, -0.25) is 9.78 Å². The summed E-state index contributed by atoms with van der Waals surface area (Å²) in [7, 11) is 0. The van der Waals surface area contributed by atoms with Gasteiger partial charge in [0.15, 0.2) is 0 Å². The molecule has 0 fully saturated rings. The first-order valence-corrected chi connectivity index (χ1v) is 5.96. The summed E-state index contributed by atoms with van der Waals surface area (Å²) in [4.78, 5) is 14.5. The number of rotatable bonds is 7. The van der Waals surface area contributed by atoms with Crippen LogP contribution in [0.1, 0.15) is 31.7 Å². The molecule has 0 aliphatic heterocycles. The van der Waals surface area contributed by atoms with Gasteiger partial charge >= 0.3 is 5.97 Å². The van der Waals surface area contributed by atoms with Gasteiger partial charge in [-0.25, -0.2) is 0 Å². The molecule has 0 aromatic carbocycles. The molecule has 4 nitrogen and oxygen atoms in total. The second kappa shape index (κ2) is 6.89. The highest BCUT2D eigenvalue weighted by atomic mass is 16.4. The Morgan fingerprint density at radius 1 is 1.53 bits per heavy atom. The van der Waals surface area contributed by atoms with Gasteiger partial charge in [0.1, 0.15) is 0 Å². The van der Waals surface area contributed by atoms with Crippen molar-refractivity contribution in [3.8, 4) is 0 Å². The summed E-state index contributed by atoms with van der Waals surface area (Å²) in [6.07, 6.45) is 5.58. The first kappa shape index (κ1) is 13.5. The Bertz CT molecular complexity index is 366. The Morgan fingerprint density at radius 3 is 2.94 bits per heavy atom. The molecular weight excluding hydrogens is 216 g/mol. The number of carboxylic acid groups (broad SMARTS) is 1. The lowest BCUT2D eigenvalue weighted by atomic mass is 10.0. The molecule has 1 heterocycles. The molecule has 0 radical (unpaired) electrons. The molecule has 0 saturated heterocycles.